The number of pyridine rings is 1. The molecule has 0 saturated carbocycles. The highest BCUT2D eigenvalue weighted by Crippen LogP contribution is 2.27. The lowest BCUT2D eigenvalue weighted by molar-refractivity contribution is 0.0739. The molecule has 1 aliphatic rings. The fourth-order valence-corrected chi connectivity index (χ4v) is 4.41. The van der Waals surface area contributed by atoms with Gasteiger partial charge in [-0.15, -0.1) is 0 Å². The number of hydrogen-bond donors (Lipinski definition) is 2. The van der Waals surface area contributed by atoms with Gasteiger partial charge in [0, 0.05) is 30.9 Å². The molecule has 5 heteroatoms. The number of aromatic nitrogens is 1. The summed E-state index contributed by atoms with van der Waals surface area (Å²) in [6, 6.07) is 23.8. The maximum Gasteiger partial charge on any atom is 0.254 e. The van der Waals surface area contributed by atoms with E-state index in [1.54, 1.807) is 11.1 Å². The first kappa shape index (κ1) is 22.2. The zero-order valence-corrected chi connectivity index (χ0v) is 18.7. The molecule has 2 aromatic carbocycles. The van der Waals surface area contributed by atoms with Gasteiger partial charge in [0.2, 0.25) is 0 Å². The Morgan fingerprint density at radius 2 is 1.78 bits per heavy atom. The first-order chi connectivity index (χ1) is 15.5. The number of nitrogens with one attached hydrogen (secondary N) is 1. The maximum atomic E-state index is 12.9. The molecule has 0 aliphatic carbocycles. The summed E-state index contributed by atoms with van der Waals surface area (Å²) in [7, 11) is 1.82. The smallest absolute Gasteiger partial charge is 0.254 e. The first-order valence-electron chi connectivity index (χ1n) is 11.3. The molecule has 32 heavy (non-hydrogen) atoms. The summed E-state index contributed by atoms with van der Waals surface area (Å²) >= 11 is 0. The zero-order valence-electron chi connectivity index (χ0n) is 18.7. The van der Waals surface area contributed by atoms with E-state index in [1.165, 1.54) is 5.56 Å². The Balaban J connectivity index is 1.33. The van der Waals surface area contributed by atoms with Crippen LogP contribution in [0.5, 0.6) is 0 Å². The van der Waals surface area contributed by atoms with Gasteiger partial charge in [-0.05, 0) is 61.6 Å². The number of aliphatic hydroxyl groups excluding tert-OH is 1. The minimum Gasteiger partial charge on any atom is -0.387 e. The van der Waals surface area contributed by atoms with E-state index in [4.69, 9.17) is 0 Å². The highest BCUT2D eigenvalue weighted by Gasteiger charge is 2.30. The topological polar surface area (TPSA) is 65.5 Å². The van der Waals surface area contributed by atoms with Crippen LogP contribution in [0.15, 0.2) is 79.0 Å². The van der Waals surface area contributed by atoms with Crippen molar-refractivity contribution in [3.8, 4) is 0 Å². The number of nitrogens with zero attached hydrogens (tertiary/aromatic N) is 2. The SMILES string of the molecule is CC(c1ccccn1)N(C)C(=O)c1ccc(C[C@@H]2CC[C@H]([C@H](O)c3ccccc3)N2)cc1. The number of carbonyl (C=O) groups is 1. The molecule has 1 aliphatic heterocycles. The second-order valence-electron chi connectivity index (χ2n) is 8.65. The Morgan fingerprint density at radius 3 is 2.47 bits per heavy atom. The van der Waals surface area contributed by atoms with Crippen LogP contribution in [0.25, 0.3) is 0 Å². The van der Waals surface area contributed by atoms with Gasteiger partial charge in [0.05, 0.1) is 17.8 Å². The van der Waals surface area contributed by atoms with Crippen LogP contribution in [-0.2, 0) is 6.42 Å². The molecule has 1 unspecified atom stereocenters. The fourth-order valence-electron chi connectivity index (χ4n) is 4.41. The average molecular weight is 430 g/mol. The Morgan fingerprint density at radius 1 is 1.06 bits per heavy atom. The molecule has 2 N–H and O–H groups in total. The van der Waals surface area contributed by atoms with E-state index >= 15 is 0 Å². The summed E-state index contributed by atoms with van der Waals surface area (Å²) in [5, 5.41) is 14.3. The Bertz CT molecular complexity index is 1010. The molecule has 1 amide bonds. The minimum absolute atomic E-state index is 0.0141. The molecule has 2 heterocycles. The van der Waals surface area contributed by atoms with Crippen molar-refractivity contribution in [1.29, 1.82) is 0 Å². The molecule has 166 valence electrons. The van der Waals surface area contributed by atoms with Crippen molar-refractivity contribution in [1.82, 2.24) is 15.2 Å². The van der Waals surface area contributed by atoms with E-state index in [9.17, 15) is 9.90 Å². The van der Waals surface area contributed by atoms with Gasteiger partial charge in [0.15, 0.2) is 0 Å². The van der Waals surface area contributed by atoms with E-state index in [0.717, 1.165) is 30.5 Å². The number of benzene rings is 2. The van der Waals surface area contributed by atoms with Crippen LogP contribution in [0.4, 0.5) is 0 Å². The molecule has 0 radical (unpaired) electrons. The van der Waals surface area contributed by atoms with Crippen molar-refractivity contribution >= 4 is 5.91 Å². The molecule has 4 rings (SSSR count). The van der Waals surface area contributed by atoms with Crippen LogP contribution in [0.1, 0.15) is 59.1 Å². The highest BCUT2D eigenvalue weighted by molar-refractivity contribution is 5.94. The number of rotatable bonds is 7. The third kappa shape index (κ3) is 5.06. The highest BCUT2D eigenvalue weighted by atomic mass is 16.3. The van der Waals surface area contributed by atoms with Gasteiger partial charge in [0.1, 0.15) is 0 Å². The third-order valence-corrected chi connectivity index (χ3v) is 6.50. The lowest BCUT2D eigenvalue weighted by Crippen LogP contribution is -2.35. The van der Waals surface area contributed by atoms with Gasteiger partial charge in [0.25, 0.3) is 5.91 Å². The average Bonchev–Trinajstić information content (AvgIpc) is 3.32. The maximum absolute atomic E-state index is 12.9. The van der Waals surface area contributed by atoms with Crippen LogP contribution >= 0.6 is 0 Å². The largest absolute Gasteiger partial charge is 0.387 e. The molecule has 0 bridgehead atoms. The molecule has 1 fully saturated rings. The lowest BCUT2D eigenvalue weighted by atomic mass is 10.0. The second-order valence-corrected chi connectivity index (χ2v) is 8.65. The number of carbonyl (C=O) groups excluding carboxylic acids is 1. The zero-order chi connectivity index (χ0) is 22.5. The molecule has 4 atom stereocenters. The predicted octanol–water partition coefficient (Wildman–Crippen LogP) is 4.31. The van der Waals surface area contributed by atoms with Gasteiger partial charge in [-0.3, -0.25) is 9.78 Å². The summed E-state index contributed by atoms with van der Waals surface area (Å²) in [4.78, 5) is 19.0. The van der Waals surface area contributed by atoms with Crippen LogP contribution in [0.3, 0.4) is 0 Å². The Labute approximate surface area is 190 Å². The summed E-state index contributed by atoms with van der Waals surface area (Å²) in [6.45, 7) is 1.99. The summed E-state index contributed by atoms with van der Waals surface area (Å²) in [6.07, 6.45) is 4.12. The molecule has 1 saturated heterocycles. The fraction of sp³-hybridized carbons (Fsp3) is 0.333. The second kappa shape index (κ2) is 10.1. The van der Waals surface area contributed by atoms with Crippen LogP contribution < -0.4 is 5.32 Å². The number of hydrogen-bond acceptors (Lipinski definition) is 4. The minimum atomic E-state index is -0.488. The van der Waals surface area contributed by atoms with Crippen molar-refractivity contribution in [2.24, 2.45) is 0 Å². The molecular formula is C27H31N3O2. The van der Waals surface area contributed by atoms with E-state index < -0.39 is 6.10 Å². The van der Waals surface area contributed by atoms with Gasteiger partial charge >= 0.3 is 0 Å². The van der Waals surface area contributed by atoms with E-state index in [-0.39, 0.29) is 18.0 Å². The summed E-state index contributed by atoms with van der Waals surface area (Å²) in [5.41, 5.74) is 3.70. The van der Waals surface area contributed by atoms with Crippen molar-refractivity contribution < 1.29 is 9.90 Å². The third-order valence-electron chi connectivity index (χ3n) is 6.50. The monoisotopic (exact) mass is 429 g/mol. The van der Waals surface area contributed by atoms with Gasteiger partial charge in [-0.25, -0.2) is 0 Å². The van der Waals surface area contributed by atoms with Crippen molar-refractivity contribution in [2.45, 2.75) is 50.4 Å². The quantitative estimate of drug-likeness (QED) is 0.587. The number of aliphatic hydroxyl groups is 1. The van der Waals surface area contributed by atoms with Gasteiger partial charge < -0.3 is 15.3 Å². The molecule has 0 spiro atoms. The molecule has 5 nitrogen and oxygen atoms in total. The molecule has 1 aromatic heterocycles. The Kier molecular flexibility index (Phi) is 6.98. The first-order valence-corrected chi connectivity index (χ1v) is 11.3. The van der Waals surface area contributed by atoms with Crippen LogP contribution in [0, 0.1) is 0 Å². The normalized spacial score (nSPS) is 20.0. The van der Waals surface area contributed by atoms with Crippen LogP contribution in [0.2, 0.25) is 0 Å². The van der Waals surface area contributed by atoms with E-state index in [1.807, 2.05) is 86.8 Å². The molecule has 3 aromatic rings. The predicted molar refractivity (Wildman–Crippen MR) is 126 cm³/mol. The van der Waals surface area contributed by atoms with E-state index in [0.29, 0.717) is 11.6 Å². The van der Waals surface area contributed by atoms with Crippen LogP contribution in [-0.4, -0.2) is 40.0 Å². The summed E-state index contributed by atoms with van der Waals surface area (Å²) in [5.74, 6) is -0.0141. The lowest BCUT2D eigenvalue weighted by Gasteiger charge is -2.24. The number of amides is 1. The van der Waals surface area contributed by atoms with Gasteiger partial charge in [-0.1, -0.05) is 48.5 Å². The van der Waals surface area contributed by atoms with Crippen molar-refractivity contribution in [3.63, 3.8) is 0 Å². The standard InChI is InChI=1S/C27H31N3O2/c1-19(24-10-6-7-17-28-24)30(2)27(32)22-13-11-20(12-14-22)18-23-15-16-25(29-23)26(31)21-8-4-3-5-9-21/h3-14,17,19,23,25-26,29,31H,15-16,18H2,1-2H3/t19?,23-,25+,26+/m0/s1. The Hall–Kier alpha value is -3.02. The summed E-state index contributed by atoms with van der Waals surface area (Å²) < 4.78 is 0. The van der Waals surface area contributed by atoms with E-state index in [2.05, 4.69) is 10.3 Å². The van der Waals surface area contributed by atoms with Crippen molar-refractivity contribution in [2.75, 3.05) is 7.05 Å². The van der Waals surface area contributed by atoms with Crippen molar-refractivity contribution in [3.05, 3.63) is 101 Å². The van der Waals surface area contributed by atoms with Gasteiger partial charge in [-0.2, -0.15) is 0 Å². The molecular weight excluding hydrogens is 398 g/mol.